The summed E-state index contributed by atoms with van der Waals surface area (Å²) >= 11 is 0. The zero-order valence-corrected chi connectivity index (χ0v) is 15.9. The highest BCUT2D eigenvalue weighted by Crippen LogP contribution is 2.29. The molecule has 2 heterocycles. The van der Waals surface area contributed by atoms with Gasteiger partial charge in [-0.05, 0) is 43.5 Å². The number of aromatic amines is 1. The zero-order valence-electron chi connectivity index (χ0n) is 15.9. The van der Waals surface area contributed by atoms with E-state index in [1.165, 1.54) is 0 Å². The molecule has 27 heavy (non-hydrogen) atoms. The fourth-order valence-electron chi connectivity index (χ4n) is 3.45. The number of nitrogens with zero attached hydrogens (tertiary/aromatic N) is 1. The molecule has 1 amide bonds. The molecule has 0 saturated carbocycles. The van der Waals surface area contributed by atoms with Gasteiger partial charge in [-0.3, -0.25) is 4.79 Å². The highest BCUT2D eigenvalue weighted by Gasteiger charge is 2.33. The Bertz CT molecular complexity index is 851. The van der Waals surface area contributed by atoms with Gasteiger partial charge in [0.25, 0.3) is 0 Å². The number of nitrogens with one attached hydrogen (secondary N) is 1. The van der Waals surface area contributed by atoms with Crippen LogP contribution in [0, 0.1) is 0 Å². The van der Waals surface area contributed by atoms with Crippen LogP contribution in [0.2, 0.25) is 0 Å². The van der Waals surface area contributed by atoms with E-state index in [1.54, 1.807) is 31.0 Å². The lowest BCUT2D eigenvalue weighted by atomic mass is 9.97. The second-order valence-electron chi connectivity index (χ2n) is 7.74. The molecule has 2 aromatic rings. The number of ether oxygens (including phenoxy) is 1. The average molecular weight is 370 g/mol. The first kappa shape index (κ1) is 19.2. The zero-order chi connectivity index (χ0) is 19.6. The van der Waals surface area contributed by atoms with E-state index in [9.17, 15) is 14.7 Å². The molecule has 1 aromatic carbocycles. The Morgan fingerprint density at radius 1 is 1.22 bits per heavy atom. The van der Waals surface area contributed by atoms with Crippen molar-refractivity contribution in [1.82, 2.24) is 9.88 Å². The molecule has 2 N–H and O–H groups in total. The number of hydrogen-bond acceptors (Lipinski definition) is 4. The van der Waals surface area contributed by atoms with Gasteiger partial charge in [0.1, 0.15) is 6.10 Å². The number of benzene rings is 1. The van der Waals surface area contributed by atoms with Crippen LogP contribution in [0.5, 0.6) is 0 Å². The van der Waals surface area contributed by atoms with Gasteiger partial charge in [0.2, 0.25) is 5.56 Å². The quantitative estimate of drug-likeness (QED) is 0.844. The summed E-state index contributed by atoms with van der Waals surface area (Å²) < 4.78 is 5.51. The van der Waals surface area contributed by atoms with Crippen molar-refractivity contribution in [2.75, 3.05) is 6.54 Å². The second kappa shape index (κ2) is 7.56. The largest absolute Gasteiger partial charge is 0.446 e. The first-order valence-corrected chi connectivity index (χ1v) is 9.22. The van der Waals surface area contributed by atoms with Gasteiger partial charge in [-0.2, -0.15) is 0 Å². The number of hydrogen-bond donors (Lipinski definition) is 2. The van der Waals surface area contributed by atoms with E-state index in [0.717, 1.165) is 16.7 Å². The molecular formula is C21H26N2O4. The molecule has 2 atom stereocenters. The third kappa shape index (κ3) is 4.77. The van der Waals surface area contributed by atoms with Crippen LogP contribution in [0.1, 0.15) is 45.2 Å². The maximum atomic E-state index is 12.4. The Morgan fingerprint density at radius 2 is 1.93 bits per heavy atom. The number of amides is 1. The molecule has 0 spiro atoms. The van der Waals surface area contributed by atoms with Gasteiger partial charge in [-0.25, -0.2) is 4.79 Å². The summed E-state index contributed by atoms with van der Waals surface area (Å²) in [6, 6.07) is 11.1. The van der Waals surface area contributed by atoms with Crippen molar-refractivity contribution in [3.05, 3.63) is 58.5 Å². The van der Waals surface area contributed by atoms with Gasteiger partial charge in [0.15, 0.2) is 0 Å². The van der Waals surface area contributed by atoms with Crippen molar-refractivity contribution in [3.63, 3.8) is 0 Å². The molecule has 1 aliphatic heterocycles. The third-order valence-electron chi connectivity index (χ3n) is 4.89. The Labute approximate surface area is 158 Å². The number of H-pyrrole nitrogens is 1. The van der Waals surface area contributed by atoms with E-state index >= 15 is 0 Å². The van der Waals surface area contributed by atoms with Crippen molar-refractivity contribution >= 4 is 6.09 Å². The van der Waals surface area contributed by atoms with Crippen LogP contribution in [0.15, 0.2) is 47.4 Å². The summed E-state index contributed by atoms with van der Waals surface area (Å²) in [6.07, 6.45) is 2.17. The summed E-state index contributed by atoms with van der Waals surface area (Å²) in [7, 11) is 0. The molecule has 2 unspecified atom stereocenters. The van der Waals surface area contributed by atoms with E-state index in [1.807, 2.05) is 37.3 Å². The molecule has 144 valence electrons. The molecule has 0 radical (unpaired) electrons. The van der Waals surface area contributed by atoms with Crippen molar-refractivity contribution < 1.29 is 14.6 Å². The minimum Gasteiger partial charge on any atom is -0.446 e. The van der Waals surface area contributed by atoms with Gasteiger partial charge >= 0.3 is 6.09 Å². The molecule has 1 aromatic heterocycles. The minimum absolute atomic E-state index is 0.117. The summed E-state index contributed by atoms with van der Waals surface area (Å²) in [4.78, 5) is 28.2. The maximum Gasteiger partial charge on any atom is 0.410 e. The van der Waals surface area contributed by atoms with Gasteiger partial charge < -0.3 is 19.7 Å². The lowest BCUT2D eigenvalue weighted by Crippen LogP contribution is -2.45. The third-order valence-corrected chi connectivity index (χ3v) is 4.89. The standard InChI is InChI=1S/C21H26N2O4/c1-14(23-11-9-18(27-20(23)25)13-21(2,3)26)15-4-6-16(7-5-15)17-8-10-22-19(24)12-17/h4-8,10,12,14,18,26H,9,11,13H2,1-3H3,(H,22,24). The van der Waals surface area contributed by atoms with E-state index in [0.29, 0.717) is 19.4 Å². The predicted molar refractivity (Wildman–Crippen MR) is 103 cm³/mol. The lowest BCUT2D eigenvalue weighted by molar-refractivity contribution is -0.0309. The Morgan fingerprint density at radius 3 is 2.52 bits per heavy atom. The molecule has 6 heteroatoms. The number of pyridine rings is 1. The molecule has 6 nitrogen and oxygen atoms in total. The number of rotatable bonds is 5. The van der Waals surface area contributed by atoms with E-state index in [4.69, 9.17) is 4.74 Å². The molecule has 1 saturated heterocycles. The van der Waals surface area contributed by atoms with Crippen LogP contribution in [0.4, 0.5) is 4.79 Å². The normalized spacial score (nSPS) is 18.9. The second-order valence-corrected chi connectivity index (χ2v) is 7.74. The molecule has 1 fully saturated rings. The number of aliphatic hydroxyl groups is 1. The maximum absolute atomic E-state index is 12.4. The first-order chi connectivity index (χ1) is 12.7. The van der Waals surface area contributed by atoms with E-state index in [-0.39, 0.29) is 23.8 Å². The summed E-state index contributed by atoms with van der Waals surface area (Å²) in [6.45, 7) is 6.01. The van der Waals surface area contributed by atoms with Gasteiger partial charge in [-0.1, -0.05) is 24.3 Å². The van der Waals surface area contributed by atoms with Crippen LogP contribution in [0.25, 0.3) is 11.1 Å². The lowest BCUT2D eigenvalue weighted by Gasteiger charge is -2.37. The summed E-state index contributed by atoms with van der Waals surface area (Å²) in [5, 5.41) is 9.92. The predicted octanol–water partition coefficient (Wildman–Crippen LogP) is 3.47. The fraction of sp³-hybridized carbons (Fsp3) is 0.429. The number of carbonyl (C=O) groups excluding carboxylic acids is 1. The number of carbonyl (C=O) groups is 1. The van der Waals surface area contributed by atoms with Crippen LogP contribution < -0.4 is 5.56 Å². The molecular weight excluding hydrogens is 344 g/mol. The van der Waals surface area contributed by atoms with Gasteiger partial charge in [0.05, 0.1) is 11.6 Å². The van der Waals surface area contributed by atoms with E-state index < -0.39 is 5.60 Å². The SMILES string of the molecule is CC(c1ccc(-c2cc[nH]c(=O)c2)cc1)N1CCC(CC(C)(C)O)OC1=O. The Hall–Kier alpha value is -2.60. The molecule has 0 bridgehead atoms. The Balaban J connectivity index is 1.68. The average Bonchev–Trinajstić information content (AvgIpc) is 2.60. The van der Waals surface area contributed by atoms with Crippen molar-refractivity contribution in [3.8, 4) is 11.1 Å². The highest BCUT2D eigenvalue weighted by molar-refractivity contribution is 5.69. The minimum atomic E-state index is -0.853. The van der Waals surface area contributed by atoms with Crippen molar-refractivity contribution in [1.29, 1.82) is 0 Å². The molecule has 3 rings (SSSR count). The van der Waals surface area contributed by atoms with Gasteiger partial charge in [-0.15, -0.1) is 0 Å². The van der Waals surface area contributed by atoms with Gasteiger partial charge in [0, 0.05) is 31.6 Å². The van der Waals surface area contributed by atoms with Crippen LogP contribution in [-0.4, -0.2) is 39.3 Å². The van der Waals surface area contributed by atoms with Crippen molar-refractivity contribution in [2.24, 2.45) is 0 Å². The fourth-order valence-corrected chi connectivity index (χ4v) is 3.45. The smallest absolute Gasteiger partial charge is 0.410 e. The van der Waals surface area contributed by atoms with Crippen LogP contribution in [0.3, 0.4) is 0 Å². The Kier molecular flexibility index (Phi) is 5.37. The summed E-state index contributed by atoms with van der Waals surface area (Å²) in [5.74, 6) is 0. The topological polar surface area (TPSA) is 82.6 Å². The van der Waals surface area contributed by atoms with E-state index in [2.05, 4.69) is 4.98 Å². The highest BCUT2D eigenvalue weighted by atomic mass is 16.6. The summed E-state index contributed by atoms with van der Waals surface area (Å²) in [5.41, 5.74) is 1.81. The number of cyclic esters (lactones) is 1. The van der Waals surface area contributed by atoms with Crippen LogP contribution in [-0.2, 0) is 4.74 Å². The molecule has 0 aliphatic carbocycles. The van der Waals surface area contributed by atoms with Crippen LogP contribution >= 0.6 is 0 Å². The van der Waals surface area contributed by atoms with Crippen molar-refractivity contribution in [2.45, 2.75) is 51.4 Å². The first-order valence-electron chi connectivity index (χ1n) is 9.22. The number of aromatic nitrogens is 1. The molecule has 1 aliphatic rings. The monoisotopic (exact) mass is 370 g/mol.